The SMILES string of the molecule is Cc1ccc(-c2nc(C)c(C(=O)N3CCN(S(=O)(=O)c4ccccc4F)CC3)s2)o1. The molecule has 10 heteroatoms. The molecule has 0 aliphatic carbocycles. The van der Waals surface area contributed by atoms with Gasteiger partial charge in [0.2, 0.25) is 10.0 Å². The monoisotopic (exact) mass is 449 g/mol. The van der Waals surface area contributed by atoms with E-state index in [1.807, 2.05) is 19.1 Å². The second-order valence-corrected chi connectivity index (χ2v) is 9.88. The van der Waals surface area contributed by atoms with Gasteiger partial charge in [-0.3, -0.25) is 4.79 Å². The lowest BCUT2D eigenvalue weighted by molar-refractivity contribution is 0.0701. The van der Waals surface area contributed by atoms with Crippen molar-refractivity contribution in [3.8, 4) is 10.8 Å². The predicted molar refractivity (Wildman–Crippen MR) is 110 cm³/mol. The highest BCUT2D eigenvalue weighted by atomic mass is 32.2. The van der Waals surface area contributed by atoms with Crippen LogP contribution in [0.4, 0.5) is 4.39 Å². The summed E-state index contributed by atoms with van der Waals surface area (Å²) in [5.41, 5.74) is 0.607. The number of nitrogens with zero attached hydrogens (tertiary/aromatic N) is 3. The van der Waals surface area contributed by atoms with Crippen LogP contribution in [0.1, 0.15) is 21.1 Å². The first-order chi connectivity index (χ1) is 14.3. The van der Waals surface area contributed by atoms with Crippen LogP contribution in [0.2, 0.25) is 0 Å². The molecular formula is C20H20FN3O4S2. The lowest BCUT2D eigenvalue weighted by atomic mass is 10.3. The highest BCUT2D eigenvalue weighted by molar-refractivity contribution is 7.89. The summed E-state index contributed by atoms with van der Waals surface area (Å²) in [6.45, 7) is 4.25. The lowest BCUT2D eigenvalue weighted by Gasteiger charge is -2.33. The zero-order valence-electron chi connectivity index (χ0n) is 16.5. The smallest absolute Gasteiger partial charge is 0.265 e. The van der Waals surface area contributed by atoms with Crippen LogP contribution in [-0.4, -0.2) is 54.7 Å². The molecule has 0 saturated carbocycles. The summed E-state index contributed by atoms with van der Waals surface area (Å²) in [5.74, 6) is 0.401. The lowest BCUT2D eigenvalue weighted by Crippen LogP contribution is -2.50. The number of amides is 1. The molecule has 2 aromatic heterocycles. The summed E-state index contributed by atoms with van der Waals surface area (Å²) >= 11 is 1.26. The van der Waals surface area contributed by atoms with Gasteiger partial charge in [0.05, 0.1) is 5.69 Å². The Morgan fingerprint density at radius 3 is 2.43 bits per heavy atom. The molecule has 1 amide bonds. The molecule has 1 aliphatic heterocycles. The van der Waals surface area contributed by atoms with Crippen molar-refractivity contribution in [1.29, 1.82) is 0 Å². The highest BCUT2D eigenvalue weighted by Crippen LogP contribution is 2.30. The topological polar surface area (TPSA) is 83.7 Å². The molecule has 3 aromatic rings. The Morgan fingerprint density at radius 2 is 1.80 bits per heavy atom. The molecule has 3 heterocycles. The second-order valence-electron chi connectivity index (χ2n) is 6.97. The fourth-order valence-corrected chi connectivity index (χ4v) is 5.80. The fourth-order valence-electron chi connectivity index (χ4n) is 3.32. The van der Waals surface area contributed by atoms with Crippen LogP contribution < -0.4 is 0 Å². The molecule has 158 valence electrons. The van der Waals surface area contributed by atoms with Gasteiger partial charge in [-0.1, -0.05) is 12.1 Å². The van der Waals surface area contributed by atoms with Crippen LogP contribution in [0.5, 0.6) is 0 Å². The van der Waals surface area contributed by atoms with E-state index < -0.39 is 15.8 Å². The molecule has 0 unspecified atom stereocenters. The minimum atomic E-state index is -3.95. The Labute approximate surface area is 177 Å². The van der Waals surface area contributed by atoms with Gasteiger partial charge < -0.3 is 9.32 Å². The van der Waals surface area contributed by atoms with E-state index in [0.29, 0.717) is 21.3 Å². The molecular weight excluding hydrogens is 429 g/mol. The van der Waals surface area contributed by atoms with Crippen molar-refractivity contribution in [3.63, 3.8) is 0 Å². The number of furan rings is 1. The van der Waals surface area contributed by atoms with Gasteiger partial charge in [0.15, 0.2) is 10.8 Å². The Balaban J connectivity index is 1.48. The standard InChI is InChI=1S/C20H20FN3O4S2/c1-13-7-8-16(28-13)19-22-14(2)18(29-19)20(25)23-9-11-24(12-10-23)30(26,27)17-6-4-3-5-15(17)21/h3-8H,9-12H2,1-2H3. The number of hydrogen-bond donors (Lipinski definition) is 0. The highest BCUT2D eigenvalue weighted by Gasteiger charge is 2.33. The molecule has 7 nitrogen and oxygen atoms in total. The molecule has 0 spiro atoms. The van der Waals surface area contributed by atoms with Crippen LogP contribution in [0, 0.1) is 19.7 Å². The van der Waals surface area contributed by atoms with Gasteiger partial charge in [0, 0.05) is 26.2 Å². The molecule has 1 aromatic carbocycles. The Bertz CT molecular complexity index is 1190. The quantitative estimate of drug-likeness (QED) is 0.610. The number of rotatable bonds is 4. The third kappa shape index (κ3) is 3.78. The summed E-state index contributed by atoms with van der Waals surface area (Å²) in [6.07, 6.45) is 0. The van der Waals surface area contributed by atoms with E-state index >= 15 is 0 Å². The van der Waals surface area contributed by atoms with Crippen molar-refractivity contribution in [2.45, 2.75) is 18.7 Å². The van der Waals surface area contributed by atoms with E-state index in [-0.39, 0.29) is 37.0 Å². The summed E-state index contributed by atoms with van der Waals surface area (Å²) < 4.78 is 46.2. The maximum Gasteiger partial charge on any atom is 0.265 e. The average molecular weight is 450 g/mol. The fraction of sp³-hybridized carbons (Fsp3) is 0.300. The van der Waals surface area contributed by atoms with Crippen LogP contribution in [0.25, 0.3) is 10.8 Å². The number of aromatic nitrogens is 1. The number of thiazole rings is 1. The van der Waals surface area contributed by atoms with E-state index in [9.17, 15) is 17.6 Å². The van der Waals surface area contributed by atoms with E-state index in [1.54, 1.807) is 11.8 Å². The molecule has 0 bridgehead atoms. The first-order valence-electron chi connectivity index (χ1n) is 9.35. The van der Waals surface area contributed by atoms with Gasteiger partial charge in [-0.2, -0.15) is 4.31 Å². The van der Waals surface area contributed by atoms with Crippen molar-refractivity contribution in [2.24, 2.45) is 0 Å². The molecule has 4 rings (SSSR count). The minimum Gasteiger partial charge on any atom is -0.459 e. The summed E-state index contributed by atoms with van der Waals surface area (Å²) in [6, 6.07) is 8.95. The van der Waals surface area contributed by atoms with Crippen molar-refractivity contribution in [1.82, 2.24) is 14.2 Å². The van der Waals surface area contributed by atoms with Crippen molar-refractivity contribution in [3.05, 3.63) is 58.5 Å². The van der Waals surface area contributed by atoms with Gasteiger partial charge in [-0.15, -0.1) is 11.3 Å². The minimum absolute atomic E-state index is 0.102. The van der Waals surface area contributed by atoms with Crippen LogP contribution in [-0.2, 0) is 10.0 Å². The largest absolute Gasteiger partial charge is 0.459 e. The maximum atomic E-state index is 14.0. The molecule has 0 N–H and O–H groups in total. The van der Waals surface area contributed by atoms with Crippen molar-refractivity contribution in [2.75, 3.05) is 26.2 Å². The molecule has 0 radical (unpaired) electrons. The maximum absolute atomic E-state index is 14.0. The Morgan fingerprint density at radius 1 is 1.10 bits per heavy atom. The Kier molecular flexibility index (Phi) is 5.48. The average Bonchev–Trinajstić information content (AvgIpc) is 3.33. The summed E-state index contributed by atoms with van der Waals surface area (Å²) in [7, 11) is -3.95. The summed E-state index contributed by atoms with van der Waals surface area (Å²) in [4.78, 5) is 19.2. The number of benzene rings is 1. The van der Waals surface area contributed by atoms with Gasteiger partial charge >= 0.3 is 0 Å². The molecule has 1 fully saturated rings. The number of hydrogen-bond acceptors (Lipinski definition) is 6. The molecule has 0 atom stereocenters. The van der Waals surface area contributed by atoms with Gasteiger partial charge in [-0.05, 0) is 38.1 Å². The predicted octanol–water partition coefficient (Wildman–Crippen LogP) is 3.31. The second kappa shape index (κ2) is 7.93. The number of aryl methyl sites for hydroxylation is 2. The van der Waals surface area contributed by atoms with E-state index in [0.717, 1.165) is 11.8 Å². The number of piperazine rings is 1. The zero-order chi connectivity index (χ0) is 21.5. The van der Waals surface area contributed by atoms with Crippen molar-refractivity contribution >= 4 is 27.3 Å². The van der Waals surface area contributed by atoms with Gasteiger partial charge in [0.25, 0.3) is 5.91 Å². The zero-order valence-corrected chi connectivity index (χ0v) is 18.1. The van der Waals surface area contributed by atoms with Gasteiger partial charge in [-0.25, -0.2) is 17.8 Å². The van der Waals surface area contributed by atoms with Gasteiger partial charge in [0.1, 0.15) is 21.4 Å². The van der Waals surface area contributed by atoms with Crippen LogP contribution >= 0.6 is 11.3 Å². The third-order valence-corrected chi connectivity index (χ3v) is 8.01. The summed E-state index contributed by atoms with van der Waals surface area (Å²) in [5, 5.41) is 0.629. The van der Waals surface area contributed by atoms with Crippen LogP contribution in [0.15, 0.2) is 45.7 Å². The van der Waals surface area contributed by atoms with E-state index in [1.165, 1.54) is 33.8 Å². The first-order valence-corrected chi connectivity index (χ1v) is 11.6. The van der Waals surface area contributed by atoms with Crippen LogP contribution in [0.3, 0.4) is 0 Å². The first kappa shape index (κ1) is 20.7. The molecule has 1 aliphatic rings. The third-order valence-electron chi connectivity index (χ3n) is 4.92. The number of halogens is 1. The number of carbonyl (C=O) groups excluding carboxylic acids is 1. The van der Waals surface area contributed by atoms with Crippen molar-refractivity contribution < 1.29 is 22.0 Å². The normalized spacial score (nSPS) is 15.5. The molecule has 1 saturated heterocycles. The number of carbonyl (C=O) groups is 1. The molecule has 30 heavy (non-hydrogen) atoms. The number of sulfonamides is 1. The Hall–Kier alpha value is -2.56. The van der Waals surface area contributed by atoms with E-state index in [2.05, 4.69) is 4.98 Å². The van der Waals surface area contributed by atoms with E-state index in [4.69, 9.17) is 4.42 Å².